The SMILES string of the molecule is CN=C(NCc1ncc(C(C)(C)C)o1)NCc1ccccc1OC.I. The molecule has 0 aliphatic heterocycles. The van der Waals surface area contributed by atoms with Gasteiger partial charge in [0.2, 0.25) is 5.89 Å². The van der Waals surface area contributed by atoms with Gasteiger partial charge in [-0.1, -0.05) is 39.0 Å². The quantitative estimate of drug-likeness (QED) is 0.408. The molecule has 0 atom stereocenters. The number of nitrogens with one attached hydrogen (secondary N) is 2. The van der Waals surface area contributed by atoms with Crippen molar-refractivity contribution in [2.45, 2.75) is 39.3 Å². The van der Waals surface area contributed by atoms with E-state index in [1.165, 1.54) is 0 Å². The Morgan fingerprint density at radius 3 is 2.48 bits per heavy atom. The minimum absolute atomic E-state index is 0. The summed E-state index contributed by atoms with van der Waals surface area (Å²) >= 11 is 0. The number of aromatic nitrogens is 1. The molecule has 0 bridgehead atoms. The summed E-state index contributed by atoms with van der Waals surface area (Å²) in [5.74, 6) is 3.04. The summed E-state index contributed by atoms with van der Waals surface area (Å²) in [5.41, 5.74) is 1.02. The van der Waals surface area contributed by atoms with Crippen LogP contribution in [0.1, 0.15) is 38.0 Å². The number of guanidine groups is 1. The zero-order valence-electron chi connectivity index (χ0n) is 15.4. The lowest BCUT2D eigenvalue weighted by Gasteiger charge is -2.14. The van der Waals surface area contributed by atoms with E-state index in [0.717, 1.165) is 17.1 Å². The number of para-hydroxylation sites is 1. The van der Waals surface area contributed by atoms with E-state index in [9.17, 15) is 0 Å². The van der Waals surface area contributed by atoms with Gasteiger partial charge in [0.05, 0.1) is 19.9 Å². The van der Waals surface area contributed by atoms with E-state index in [1.54, 1.807) is 20.4 Å². The molecular weight excluding hydrogens is 431 g/mol. The van der Waals surface area contributed by atoms with Gasteiger partial charge in [-0.15, -0.1) is 24.0 Å². The molecule has 2 aromatic rings. The van der Waals surface area contributed by atoms with E-state index >= 15 is 0 Å². The van der Waals surface area contributed by atoms with Crippen LogP contribution in [0, 0.1) is 0 Å². The smallest absolute Gasteiger partial charge is 0.213 e. The monoisotopic (exact) mass is 458 g/mol. The van der Waals surface area contributed by atoms with Crippen molar-refractivity contribution in [3.63, 3.8) is 0 Å². The predicted molar refractivity (Wildman–Crippen MR) is 111 cm³/mol. The van der Waals surface area contributed by atoms with E-state index in [1.807, 2.05) is 24.3 Å². The van der Waals surface area contributed by atoms with E-state index in [-0.39, 0.29) is 29.4 Å². The number of nitrogens with zero attached hydrogens (tertiary/aromatic N) is 2. The van der Waals surface area contributed by atoms with Crippen LogP contribution >= 0.6 is 24.0 Å². The second-order valence-electron chi connectivity index (χ2n) is 6.46. The zero-order valence-corrected chi connectivity index (χ0v) is 17.8. The van der Waals surface area contributed by atoms with Crippen LogP contribution in [-0.4, -0.2) is 25.1 Å². The number of ether oxygens (including phenoxy) is 1. The second kappa shape index (κ2) is 9.65. The fourth-order valence-corrected chi connectivity index (χ4v) is 2.15. The third-order valence-electron chi connectivity index (χ3n) is 3.56. The van der Waals surface area contributed by atoms with Crippen LogP contribution in [0.15, 0.2) is 39.9 Å². The summed E-state index contributed by atoms with van der Waals surface area (Å²) in [7, 11) is 3.40. The van der Waals surface area contributed by atoms with Crippen molar-refractivity contribution >= 4 is 29.9 Å². The number of oxazole rings is 1. The van der Waals surface area contributed by atoms with Crippen molar-refractivity contribution in [2.75, 3.05) is 14.2 Å². The summed E-state index contributed by atoms with van der Waals surface area (Å²) in [4.78, 5) is 8.52. The molecule has 138 valence electrons. The maximum atomic E-state index is 5.77. The summed E-state index contributed by atoms with van der Waals surface area (Å²) in [6.45, 7) is 7.37. The largest absolute Gasteiger partial charge is 0.496 e. The highest BCUT2D eigenvalue weighted by molar-refractivity contribution is 14.0. The van der Waals surface area contributed by atoms with Gasteiger partial charge in [-0.3, -0.25) is 4.99 Å². The summed E-state index contributed by atoms with van der Waals surface area (Å²) in [6, 6.07) is 7.89. The first kappa shape index (κ1) is 21.3. The highest BCUT2D eigenvalue weighted by Crippen LogP contribution is 2.22. The number of aliphatic imine (C=N–C) groups is 1. The number of methoxy groups -OCH3 is 1. The van der Waals surface area contributed by atoms with Crippen molar-refractivity contribution in [1.29, 1.82) is 0 Å². The Kier molecular flexibility index (Phi) is 8.21. The fraction of sp³-hybridized carbons (Fsp3) is 0.444. The molecule has 0 aliphatic rings. The fourth-order valence-electron chi connectivity index (χ4n) is 2.15. The molecule has 0 aliphatic carbocycles. The molecule has 1 heterocycles. The molecule has 6 nitrogen and oxygen atoms in total. The molecule has 0 amide bonds. The van der Waals surface area contributed by atoms with E-state index in [4.69, 9.17) is 9.15 Å². The lowest BCUT2D eigenvalue weighted by atomic mass is 9.94. The molecule has 0 spiro atoms. The molecule has 1 aromatic carbocycles. The Hall–Kier alpha value is -1.77. The second-order valence-corrected chi connectivity index (χ2v) is 6.46. The molecule has 0 unspecified atom stereocenters. The van der Waals surface area contributed by atoms with Gasteiger partial charge in [0.1, 0.15) is 11.5 Å². The highest BCUT2D eigenvalue weighted by Gasteiger charge is 2.19. The van der Waals surface area contributed by atoms with Crippen LogP contribution in [0.5, 0.6) is 5.75 Å². The zero-order chi connectivity index (χ0) is 17.6. The van der Waals surface area contributed by atoms with Gasteiger partial charge in [0.25, 0.3) is 0 Å². The first-order chi connectivity index (χ1) is 11.4. The summed E-state index contributed by atoms with van der Waals surface area (Å²) < 4.78 is 11.1. The number of rotatable bonds is 5. The third kappa shape index (κ3) is 6.22. The molecule has 2 N–H and O–H groups in total. The predicted octanol–water partition coefficient (Wildman–Crippen LogP) is 3.46. The Bertz CT molecular complexity index is 692. The normalized spacial score (nSPS) is 11.6. The molecule has 0 saturated carbocycles. The van der Waals surface area contributed by atoms with Crippen LogP contribution in [0.4, 0.5) is 0 Å². The minimum atomic E-state index is -0.0466. The Morgan fingerprint density at radius 1 is 1.20 bits per heavy atom. The van der Waals surface area contributed by atoms with Crippen LogP contribution < -0.4 is 15.4 Å². The number of hydrogen-bond acceptors (Lipinski definition) is 4. The first-order valence-electron chi connectivity index (χ1n) is 7.95. The molecule has 0 radical (unpaired) electrons. The van der Waals surface area contributed by atoms with Gasteiger partial charge in [-0.25, -0.2) is 4.98 Å². The van der Waals surface area contributed by atoms with Crippen molar-refractivity contribution < 1.29 is 9.15 Å². The maximum absolute atomic E-state index is 5.77. The minimum Gasteiger partial charge on any atom is -0.496 e. The summed E-state index contributed by atoms with van der Waals surface area (Å²) in [5, 5.41) is 6.46. The van der Waals surface area contributed by atoms with Crippen LogP contribution in [-0.2, 0) is 18.5 Å². The molecular formula is C18H27IN4O2. The van der Waals surface area contributed by atoms with Gasteiger partial charge < -0.3 is 19.8 Å². The van der Waals surface area contributed by atoms with Gasteiger partial charge in [0.15, 0.2) is 5.96 Å². The van der Waals surface area contributed by atoms with Gasteiger partial charge in [-0.05, 0) is 6.07 Å². The van der Waals surface area contributed by atoms with E-state index in [0.29, 0.717) is 24.9 Å². The third-order valence-corrected chi connectivity index (χ3v) is 3.56. The Morgan fingerprint density at radius 2 is 1.88 bits per heavy atom. The Balaban J connectivity index is 0.00000312. The Labute approximate surface area is 166 Å². The van der Waals surface area contributed by atoms with Crippen LogP contribution in [0.3, 0.4) is 0 Å². The van der Waals surface area contributed by atoms with Crippen molar-refractivity contribution in [1.82, 2.24) is 15.6 Å². The van der Waals surface area contributed by atoms with Gasteiger partial charge >= 0.3 is 0 Å². The molecule has 0 fully saturated rings. The number of halogens is 1. The average molecular weight is 458 g/mol. The van der Waals surface area contributed by atoms with E-state index < -0.39 is 0 Å². The maximum Gasteiger partial charge on any atom is 0.213 e. The number of benzene rings is 1. The van der Waals surface area contributed by atoms with Crippen molar-refractivity contribution in [2.24, 2.45) is 4.99 Å². The first-order valence-corrected chi connectivity index (χ1v) is 7.95. The van der Waals surface area contributed by atoms with Crippen molar-refractivity contribution in [3.8, 4) is 5.75 Å². The highest BCUT2D eigenvalue weighted by atomic mass is 127. The molecule has 25 heavy (non-hydrogen) atoms. The topological polar surface area (TPSA) is 71.7 Å². The van der Waals surface area contributed by atoms with Crippen LogP contribution in [0.2, 0.25) is 0 Å². The van der Waals surface area contributed by atoms with Gasteiger partial charge in [0, 0.05) is 24.6 Å². The van der Waals surface area contributed by atoms with Crippen molar-refractivity contribution in [3.05, 3.63) is 47.7 Å². The molecule has 2 rings (SSSR count). The lowest BCUT2D eigenvalue weighted by Crippen LogP contribution is -2.36. The van der Waals surface area contributed by atoms with E-state index in [2.05, 4.69) is 41.4 Å². The molecule has 7 heteroatoms. The summed E-state index contributed by atoms with van der Waals surface area (Å²) in [6.07, 6.45) is 1.78. The molecule has 0 saturated heterocycles. The number of hydrogen-bond donors (Lipinski definition) is 2. The standard InChI is InChI=1S/C18H26N4O2.HI/c1-18(2,3)15-11-20-16(24-15)12-22-17(19-4)21-10-13-8-6-7-9-14(13)23-5;/h6-9,11H,10,12H2,1-5H3,(H2,19,21,22);1H. The average Bonchev–Trinajstić information content (AvgIpc) is 3.04. The van der Waals surface area contributed by atoms with Gasteiger partial charge in [-0.2, -0.15) is 0 Å². The lowest BCUT2D eigenvalue weighted by molar-refractivity contribution is 0.379. The molecule has 1 aromatic heterocycles. The van der Waals surface area contributed by atoms with Crippen LogP contribution in [0.25, 0.3) is 0 Å².